The molecule has 2 fully saturated rings. The molecule has 4 heterocycles. The summed E-state index contributed by atoms with van der Waals surface area (Å²) >= 11 is 6.46. The van der Waals surface area contributed by atoms with E-state index in [4.69, 9.17) is 16.3 Å². The van der Waals surface area contributed by atoms with Gasteiger partial charge in [-0.1, -0.05) is 42.4 Å². The molecule has 2 aromatic carbocycles. The molecule has 11 nitrogen and oxygen atoms in total. The summed E-state index contributed by atoms with van der Waals surface area (Å²) in [6.07, 6.45) is -3.54. The number of benzene rings is 2. The van der Waals surface area contributed by atoms with Crippen molar-refractivity contribution in [1.29, 1.82) is 5.26 Å². The number of carbonyl (C=O) groups excluding carboxylic acids is 1. The molecule has 0 aliphatic carbocycles. The minimum Gasteiger partial charge on any atom is -0.462 e. The number of ether oxygens (including phenoxy) is 1. The van der Waals surface area contributed by atoms with Gasteiger partial charge in [-0.25, -0.2) is 9.37 Å². The van der Waals surface area contributed by atoms with Gasteiger partial charge in [0.05, 0.1) is 29.2 Å². The molecule has 2 aliphatic rings. The zero-order valence-corrected chi connectivity index (χ0v) is 26.4. The van der Waals surface area contributed by atoms with E-state index in [1.165, 1.54) is 23.1 Å². The second-order valence-electron chi connectivity index (χ2n) is 11.7. The number of aromatic nitrogens is 4. The first kappa shape index (κ1) is 33.1. The summed E-state index contributed by atoms with van der Waals surface area (Å²) in [4.78, 5) is 44.3. The van der Waals surface area contributed by atoms with E-state index < -0.39 is 46.4 Å². The number of fused-ring (bicyclic) bond motifs is 2. The molecule has 48 heavy (non-hydrogen) atoms. The largest absolute Gasteiger partial charge is 0.462 e. The molecule has 2 aromatic heterocycles. The minimum atomic E-state index is -5.12. The first-order chi connectivity index (χ1) is 22.9. The van der Waals surface area contributed by atoms with Crippen molar-refractivity contribution in [2.75, 3.05) is 44.7 Å². The van der Waals surface area contributed by atoms with E-state index in [0.29, 0.717) is 9.95 Å². The number of amides is 1. The van der Waals surface area contributed by atoms with Crippen molar-refractivity contribution in [3.05, 3.63) is 70.0 Å². The Morgan fingerprint density at radius 3 is 2.52 bits per heavy atom. The van der Waals surface area contributed by atoms with Crippen LogP contribution < -0.4 is 15.2 Å². The van der Waals surface area contributed by atoms with Crippen LogP contribution in [-0.2, 0) is 11.0 Å². The Kier molecular flexibility index (Phi) is 8.97. The molecule has 0 spiro atoms. The second-order valence-corrected chi connectivity index (χ2v) is 12.1. The monoisotopic (exact) mass is 684 g/mol. The summed E-state index contributed by atoms with van der Waals surface area (Å²) in [6, 6.07) is 10.2. The SMILES string of the molecule is C=C(F)C(=O)N1CCN(c2nc(OC[C@@H]3CCCN3C)nc3c(=O)n(-c4cccc5cccc(Cl)c45)c(C(F)(F)F)nc23)C[C@@H]1CC#N. The lowest BCUT2D eigenvalue weighted by atomic mass is 10.1. The van der Waals surface area contributed by atoms with Gasteiger partial charge in [-0.15, -0.1) is 0 Å². The predicted molar refractivity (Wildman–Crippen MR) is 170 cm³/mol. The van der Waals surface area contributed by atoms with Crippen molar-refractivity contribution in [2.24, 2.45) is 0 Å². The number of hydrogen-bond donors (Lipinski definition) is 0. The van der Waals surface area contributed by atoms with E-state index in [0.717, 1.165) is 24.3 Å². The van der Waals surface area contributed by atoms with E-state index >= 15 is 0 Å². The van der Waals surface area contributed by atoms with E-state index in [1.807, 2.05) is 13.1 Å². The summed E-state index contributed by atoms with van der Waals surface area (Å²) in [5, 5.41) is 10.3. The standard InChI is InChI=1S/C32H29ClF4N8O3/c1-18(34)28(46)44-15-14-43(16-20(44)11-12-38)27-25-26(40-31(41-27)48-17-21-8-5-13-42(21)2)29(47)45(30(39-25)32(35,36)37)23-10-4-7-19-6-3-9-22(33)24(19)23/h3-4,6-7,9-10,20-21H,1,5,8,11,13-17H2,2H3/t20-,21-/m0/s1. The molecule has 6 rings (SSSR count). The fourth-order valence-electron chi connectivity index (χ4n) is 6.31. The Labute approximate surface area is 276 Å². The van der Waals surface area contributed by atoms with Gasteiger partial charge in [-0.05, 0) is 44.0 Å². The second kappa shape index (κ2) is 13.0. The molecule has 0 radical (unpaired) electrons. The van der Waals surface area contributed by atoms with E-state index in [2.05, 4.69) is 26.4 Å². The van der Waals surface area contributed by atoms with Crippen molar-refractivity contribution >= 4 is 45.1 Å². The average molecular weight is 685 g/mol. The Hall–Kier alpha value is -4.81. The number of rotatable bonds is 7. The molecule has 0 bridgehead atoms. The molecule has 1 amide bonds. The molecular weight excluding hydrogens is 656 g/mol. The number of likely N-dealkylation sites (N-methyl/N-ethyl adjacent to an activating group) is 1. The van der Waals surface area contributed by atoms with Gasteiger partial charge < -0.3 is 19.4 Å². The highest BCUT2D eigenvalue weighted by atomic mass is 35.5. The number of hydrogen-bond acceptors (Lipinski definition) is 9. The van der Waals surface area contributed by atoms with Crippen molar-refractivity contribution in [1.82, 2.24) is 29.3 Å². The van der Waals surface area contributed by atoms with Crippen molar-refractivity contribution in [2.45, 2.75) is 37.5 Å². The fraction of sp³-hybridized carbons (Fsp3) is 0.375. The van der Waals surface area contributed by atoms with Gasteiger partial charge in [0, 0.05) is 31.1 Å². The lowest BCUT2D eigenvalue weighted by Crippen LogP contribution is -2.55. The molecule has 0 unspecified atom stereocenters. The molecule has 2 atom stereocenters. The van der Waals surface area contributed by atoms with E-state index in [1.54, 1.807) is 18.2 Å². The van der Waals surface area contributed by atoms with Crippen molar-refractivity contribution in [3.63, 3.8) is 0 Å². The van der Waals surface area contributed by atoms with Gasteiger partial charge in [0.25, 0.3) is 11.5 Å². The summed E-state index contributed by atoms with van der Waals surface area (Å²) in [5.41, 5.74) is -2.18. The van der Waals surface area contributed by atoms with Crippen LogP contribution >= 0.6 is 11.6 Å². The van der Waals surface area contributed by atoms with Crippen LogP contribution in [0.3, 0.4) is 0 Å². The van der Waals surface area contributed by atoms with Crippen LogP contribution in [-0.4, -0.2) is 87.1 Å². The first-order valence-corrected chi connectivity index (χ1v) is 15.5. The molecule has 0 N–H and O–H groups in total. The third-order valence-corrected chi connectivity index (χ3v) is 9.00. The normalized spacial score (nSPS) is 18.8. The Bertz CT molecular complexity index is 2030. The van der Waals surface area contributed by atoms with Crippen LogP contribution in [0.15, 0.2) is 53.6 Å². The highest BCUT2D eigenvalue weighted by Gasteiger charge is 2.40. The summed E-state index contributed by atoms with van der Waals surface area (Å²) in [5.74, 6) is -3.90. The number of alkyl halides is 3. The number of carbonyl (C=O) groups is 1. The number of anilines is 1. The average Bonchev–Trinajstić information content (AvgIpc) is 3.47. The zero-order valence-electron chi connectivity index (χ0n) is 25.7. The van der Waals surface area contributed by atoms with Gasteiger partial charge in [0.2, 0.25) is 5.82 Å². The van der Waals surface area contributed by atoms with Crippen molar-refractivity contribution in [3.8, 4) is 17.8 Å². The molecule has 4 aromatic rings. The van der Waals surface area contributed by atoms with E-state index in [-0.39, 0.29) is 66.6 Å². The van der Waals surface area contributed by atoms with Gasteiger partial charge in [-0.2, -0.15) is 28.4 Å². The highest BCUT2D eigenvalue weighted by molar-refractivity contribution is 6.36. The quantitative estimate of drug-likeness (QED) is 0.198. The van der Waals surface area contributed by atoms with Gasteiger partial charge >= 0.3 is 12.2 Å². The molecular formula is C32H29ClF4N8O3. The summed E-state index contributed by atoms with van der Waals surface area (Å²) < 4.78 is 64.8. The molecule has 16 heteroatoms. The number of nitriles is 1. The third-order valence-electron chi connectivity index (χ3n) is 8.69. The minimum absolute atomic E-state index is 0.0244. The lowest BCUT2D eigenvalue weighted by molar-refractivity contribution is -0.146. The van der Waals surface area contributed by atoms with Crippen LogP contribution in [0.2, 0.25) is 5.02 Å². The third kappa shape index (κ3) is 6.13. The predicted octanol–water partition coefficient (Wildman–Crippen LogP) is 4.89. The van der Waals surface area contributed by atoms with Gasteiger partial charge in [-0.3, -0.25) is 14.2 Å². The summed E-state index contributed by atoms with van der Waals surface area (Å²) in [6.45, 7) is 3.79. The number of nitrogens with zero attached hydrogens (tertiary/aromatic N) is 8. The summed E-state index contributed by atoms with van der Waals surface area (Å²) in [7, 11) is 1.94. The van der Waals surface area contributed by atoms with E-state index in [9.17, 15) is 32.4 Å². The topological polar surface area (TPSA) is 120 Å². The number of halogens is 5. The van der Waals surface area contributed by atoms with Crippen LogP contribution in [0, 0.1) is 11.3 Å². The molecule has 0 saturated carbocycles. The Morgan fingerprint density at radius 2 is 1.85 bits per heavy atom. The molecule has 2 aliphatic heterocycles. The Balaban J connectivity index is 1.57. The fourth-order valence-corrected chi connectivity index (χ4v) is 6.58. The van der Waals surface area contributed by atoms with Crippen LogP contribution in [0.25, 0.3) is 27.5 Å². The van der Waals surface area contributed by atoms with Crippen LogP contribution in [0.5, 0.6) is 6.01 Å². The smallest absolute Gasteiger partial charge is 0.450 e. The first-order valence-electron chi connectivity index (χ1n) is 15.1. The Morgan fingerprint density at radius 1 is 1.10 bits per heavy atom. The zero-order chi connectivity index (χ0) is 34.3. The van der Waals surface area contributed by atoms with Gasteiger partial charge in [0.1, 0.15) is 12.1 Å². The van der Waals surface area contributed by atoms with Crippen LogP contribution in [0.4, 0.5) is 23.4 Å². The number of piperazine rings is 1. The van der Waals surface area contributed by atoms with Crippen LogP contribution in [0.1, 0.15) is 25.1 Å². The molecule has 250 valence electrons. The maximum atomic E-state index is 14.8. The molecule has 2 saturated heterocycles. The van der Waals surface area contributed by atoms with Gasteiger partial charge in [0.15, 0.2) is 17.2 Å². The lowest BCUT2D eigenvalue weighted by Gasteiger charge is -2.41. The maximum Gasteiger partial charge on any atom is 0.450 e. The maximum absolute atomic E-state index is 14.8. The number of likely N-dealkylation sites (tertiary alicyclic amines) is 1. The highest BCUT2D eigenvalue weighted by Crippen LogP contribution is 2.36. The van der Waals surface area contributed by atoms with Crippen molar-refractivity contribution < 1.29 is 27.1 Å².